The number of rotatable bonds is 3. The molecule has 3 heterocycles. The summed E-state index contributed by atoms with van der Waals surface area (Å²) >= 11 is 0. The lowest BCUT2D eigenvalue weighted by Crippen LogP contribution is -2.41. The molecule has 0 radical (unpaired) electrons. The van der Waals surface area contributed by atoms with Crippen LogP contribution in [0, 0.1) is 6.92 Å². The van der Waals surface area contributed by atoms with Gasteiger partial charge in [-0.2, -0.15) is 0 Å². The lowest BCUT2D eigenvalue weighted by Gasteiger charge is -2.32. The number of pyridine rings is 1. The summed E-state index contributed by atoms with van der Waals surface area (Å²) in [6.45, 7) is 10.9. The monoisotopic (exact) mass is 407 g/mol. The molecular weight excluding hydrogens is 377 g/mol. The van der Waals surface area contributed by atoms with Crippen molar-refractivity contribution in [1.29, 1.82) is 0 Å². The number of carbonyl (C=O) groups excluding carboxylic acids is 1. The Morgan fingerprint density at radius 1 is 1.03 bits per heavy atom. The minimum atomic E-state index is -0.471. The van der Waals surface area contributed by atoms with Crippen LogP contribution in [0.15, 0.2) is 24.4 Å². The van der Waals surface area contributed by atoms with Gasteiger partial charge in [0.15, 0.2) is 0 Å². The molecule has 0 spiro atoms. The maximum Gasteiger partial charge on any atom is 0.496 e. The molecule has 1 amide bonds. The van der Waals surface area contributed by atoms with E-state index in [2.05, 4.69) is 17.4 Å². The number of aromatic nitrogens is 1. The van der Waals surface area contributed by atoms with E-state index >= 15 is 0 Å². The first-order chi connectivity index (χ1) is 14.0. The third kappa shape index (κ3) is 3.40. The zero-order valence-corrected chi connectivity index (χ0v) is 18.9. The van der Waals surface area contributed by atoms with Gasteiger partial charge in [0, 0.05) is 43.4 Å². The third-order valence-electron chi connectivity index (χ3n) is 6.50. The summed E-state index contributed by atoms with van der Waals surface area (Å²) in [5.74, 6) is 0.876. The molecule has 0 aliphatic carbocycles. The van der Waals surface area contributed by atoms with Crippen molar-refractivity contribution in [2.24, 2.45) is 0 Å². The summed E-state index contributed by atoms with van der Waals surface area (Å²) in [5.41, 5.74) is 5.05. The molecule has 0 saturated carbocycles. The van der Waals surface area contributed by atoms with Crippen molar-refractivity contribution in [3.8, 4) is 11.1 Å². The van der Waals surface area contributed by atoms with Crippen molar-refractivity contribution in [3.63, 3.8) is 0 Å². The van der Waals surface area contributed by atoms with Crippen LogP contribution in [0.2, 0.25) is 0 Å². The van der Waals surface area contributed by atoms with Gasteiger partial charge in [-0.15, -0.1) is 0 Å². The fourth-order valence-corrected chi connectivity index (χ4v) is 4.00. The van der Waals surface area contributed by atoms with Crippen molar-refractivity contribution >= 4 is 24.3 Å². The van der Waals surface area contributed by atoms with Crippen molar-refractivity contribution in [1.82, 2.24) is 10.3 Å². The Balaban J connectivity index is 1.82. The number of benzene rings is 1. The van der Waals surface area contributed by atoms with E-state index < -0.39 is 18.3 Å². The third-order valence-corrected chi connectivity index (χ3v) is 6.50. The van der Waals surface area contributed by atoms with Gasteiger partial charge in [-0.1, -0.05) is 0 Å². The molecular formula is C23H30BN3O3. The molecule has 2 aliphatic rings. The Morgan fingerprint density at radius 2 is 1.70 bits per heavy atom. The number of nitrogens with zero attached hydrogens (tertiary/aromatic N) is 2. The Hall–Kier alpha value is -2.38. The molecule has 158 valence electrons. The predicted octanol–water partition coefficient (Wildman–Crippen LogP) is 2.71. The van der Waals surface area contributed by atoms with Crippen LogP contribution >= 0.6 is 0 Å². The highest BCUT2D eigenvalue weighted by Crippen LogP contribution is 2.38. The van der Waals surface area contributed by atoms with E-state index in [1.54, 1.807) is 0 Å². The topological polar surface area (TPSA) is 63.7 Å². The standard InChI is InChI=1S/C23H30BN3O3/c1-14-10-18-15(8-9-25-21(18)28)11-17(14)19-12-16(13-26-20(19)27(6)7)24-29-22(2,3)23(4,5)30-24/h10-13H,8-9H2,1-7H3,(H,25,28). The average molecular weight is 407 g/mol. The van der Waals surface area contributed by atoms with Gasteiger partial charge in [-0.05, 0) is 75.9 Å². The van der Waals surface area contributed by atoms with Crippen molar-refractivity contribution in [2.75, 3.05) is 25.5 Å². The lowest BCUT2D eigenvalue weighted by molar-refractivity contribution is 0.00578. The quantitative estimate of drug-likeness (QED) is 0.793. The molecule has 1 aromatic carbocycles. The van der Waals surface area contributed by atoms with Crippen LogP contribution in [-0.2, 0) is 15.7 Å². The summed E-state index contributed by atoms with van der Waals surface area (Å²) in [6.07, 6.45) is 2.66. The highest BCUT2D eigenvalue weighted by atomic mass is 16.7. The minimum Gasteiger partial charge on any atom is -0.399 e. The predicted molar refractivity (Wildman–Crippen MR) is 120 cm³/mol. The van der Waals surface area contributed by atoms with Crippen LogP contribution in [0.1, 0.15) is 49.2 Å². The van der Waals surface area contributed by atoms with Crippen LogP contribution in [0.5, 0.6) is 0 Å². The number of nitrogens with one attached hydrogen (secondary N) is 1. The largest absolute Gasteiger partial charge is 0.496 e. The molecule has 1 N–H and O–H groups in total. The number of hydrogen-bond donors (Lipinski definition) is 1. The maximum atomic E-state index is 12.2. The summed E-state index contributed by atoms with van der Waals surface area (Å²) in [6, 6.07) is 6.24. The molecule has 4 rings (SSSR count). The van der Waals surface area contributed by atoms with Crippen molar-refractivity contribution in [3.05, 3.63) is 41.1 Å². The number of aryl methyl sites for hydroxylation is 1. The first-order valence-electron chi connectivity index (χ1n) is 10.5. The van der Waals surface area contributed by atoms with E-state index in [1.165, 1.54) is 0 Å². The van der Waals surface area contributed by atoms with Gasteiger partial charge >= 0.3 is 7.12 Å². The molecule has 6 nitrogen and oxygen atoms in total. The Kier molecular flexibility index (Phi) is 4.94. The van der Waals surface area contributed by atoms with Crippen molar-refractivity contribution in [2.45, 2.75) is 52.2 Å². The molecule has 2 aromatic rings. The van der Waals surface area contributed by atoms with Crippen LogP contribution < -0.4 is 15.7 Å². The first-order valence-corrected chi connectivity index (χ1v) is 10.5. The molecule has 0 bridgehead atoms. The van der Waals surface area contributed by atoms with Gasteiger partial charge in [-0.3, -0.25) is 4.79 Å². The second-order valence-corrected chi connectivity index (χ2v) is 9.45. The molecule has 1 aromatic heterocycles. The van der Waals surface area contributed by atoms with E-state index in [0.29, 0.717) is 6.54 Å². The van der Waals surface area contributed by atoms with E-state index in [0.717, 1.165) is 45.5 Å². The second kappa shape index (κ2) is 7.10. The smallest absolute Gasteiger partial charge is 0.399 e. The number of carbonyl (C=O) groups is 1. The number of hydrogen-bond acceptors (Lipinski definition) is 5. The summed E-state index contributed by atoms with van der Waals surface area (Å²) in [7, 11) is 3.50. The van der Waals surface area contributed by atoms with E-state index in [-0.39, 0.29) is 5.91 Å². The van der Waals surface area contributed by atoms with Crippen molar-refractivity contribution < 1.29 is 14.1 Å². The van der Waals surface area contributed by atoms with E-state index in [1.807, 2.05) is 65.9 Å². The normalized spacial score (nSPS) is 19.4. The van der Waals surface area contributed by atoms with Crippen LogP contribution in [-0.4, -0.2) is 49.9 Å². The minimum absolute atomic E-state index is 0.00262. The Bertz CT molecular complexity index is 1000. The molecule has 30 heavy (non-hydrogen) atoms. The fourth-order valence-electron chi connectivity index (χ4n) is 4.00. The fraction of sp³-hybridized carbons (Fsp3) is 0.478. The zero-order valence-electron chi connectivity index (χ0n) is 18.9. The number of amides is 1. The lowest BCUT2D eigenvalue weighted by atomic mass is 9.78. The highest BCUT2D eigenvalue weighted by Gasteiger charge is 2.52. The van der Waals surface area contributed by atoms with Crippen LogP contribution in [0.3, 0.4) is 0 Å². The first kappa shape index (κ1) is 20.9. The van der Waals surface area contributed by atoms with E-state index in [4.69, 9.17) is 14.3 Å². The molecule has 1 fully saturated rings. The average Bonchev–Trinajstić information content (AvgIpc) is 2.89. The molecule has 0 unspecified atom stereocenters. The molecule has 0 atom stereocenters. The van der Waals surface area contributed by atoms with Gasteiger partial charge in [-0.25, -0.2) is 4.98 Å². The molecule has 1 saturated heterocycles. The van der Waals surface area contributed by atoms with Gasteiger partial charge in [0.05, 0.1) is 11.2 Å². The summed E-state index contributed by atoms with van der Waals surface area (Å²) in [4.78, 5) is 19.0. The Labute approximate surface area is 179 Å². The zero-order chi connectivity index (χ0) is 21.8. The second-order valence-electron chi connectivity index (χ2n) is 9.45. The number of anilines is 1. The van der Waals surface area contributed by atoms with Crippen LogP contribution in [0.4, 0.5) is 5.82 Å². The summed E-state index contributed by atoms with van der Waals surface area (Å²) < 4.78 is 12.5. The van der Waals surface area contributed by atoms with Gasteiger partial charge in [0.1, 0.15) is 5.82 Å². The molecule has 7 heteroatoms. The van der Waals surface area contributed by atoms with Crippen LogP contribution in [0.25, 0.3) is 11.1 Å². The maximum absolute atomic E-state index is 12.2. The van der Waals surface area contributed by atoms with Gasteiger partial charge < -0.3 is 19.5 Å². The Morgan fingerprint density at radius 3 is 2.33 bits per heavy atom. The van der Waals surface area contributed by atoms with Gasteiger partial charge in [0.25, 0.3) is 5.91 Å². The summed E-state index contributed by atoms with van der Waals surface area (Å²) in [5, 5.41) is 2.92. The SMILES string of the molecule is Cc1cc2c(cc1-c1cc(B3OC(C)(C)C(C)(C)O3)cnc1N(C)C)CCNC2=O. The van der Waals surface area contributed by atoms with Gasteiger partial charge in [0.2, 0.25) is 0 Å². The molecule has 2 aliphatic heterocycles. The highest BCUT2D eigenvalue weighted by molar-refractivity contribution is 6.62. The van der Waals surface area contributed by atoms with E-state index in [9.17, 15) is 4.79 Å². The number of fused-ring (bicyclic) bond motifs is 1.